The molecule has 0 bridgehead atoms. The van der Waals surface area contributed by atoms with Gasteiger partial charge in [0, 0.05) is 18.6 Å². The summed E-state index contributed by atoms with van der Waals surface area (Å²) in [6, 6.07) is 1.23. The van der Waals surface area contributed by atoms with E-state index in [1.54, 1.807) is 0 Å². The number of nitrogens with zero attached hydrogens (tertiary/aromatic N) is 1. The zero-order valence-corrected chi connectivity index (χ0v) is 10.8. The van der Waals surface area contributed by atoms with Crippen molar-refractivity contribution in [2.45, 2.75) is 53.1 Å². The lowest BCUT2D eigenvalue weighted by atomic mass is 10.1. The molecule has 0 aliphatic heterocycles. The second-order valence-electron chi connectivity index (χ2n) is 5.08. The molecule has 2 nitrogen and oxygen atoms in total. The van der Waals surface area contributed by atoms with Gasteiger partial charge in [0.25, 0.3) is 0 Å². The predicted octanol–water partition coefficient (Wildman–Crippen LogP) is 2.35. The van der Waals surface area contributed by atoms with E-state index in [1.165, 1.54) is 13.0 Å². The molecule has 0 heterocycles. The minimum Gasteiger partial charge on any atom is -0.313 e. The van der Waals surface area contributed by atoms with Crippen molar-refractivity contribution in [2.24, 2.45) is 5.92 Å². The second-order valence-corrected chi connectivity index (χ2v) is 5.08. The molecule has 0 aromatic carbocycles. The average molecular weight is 200 g/mol. The van der Waals surface area contributed by atoms with Crippen molar-refractivity contribution >= 4 is 0 Å². The van der Waals surface area contributed by atoms with E-state index < -0.39 is 0 Å². The topological polar surface area (TPSA) is 15.3 Å². The predicted molar refractivity (Wildman–Crippen MR) is 64.7 cm³/mol. The van der Waals surface area contributed by atoms with Crippen LogP contribution in [0.25, 0.3) is 0 Å². The first-order chi connectivity index (χ1) is 6.43. The summed E-state index contributed by atoms with van der Waals surface area (Å²) in [7, 11) is 2.22. The molecule has 0 aliphatic rings. The summed E-state index contributed by atoms with van der Waals surface area (Å²) in [6.07, 6.45) is 1.29. The average Bonchev–Trinajstić information content (AvgIpc) is 2.09. The Morgan fingerprint density at radius 2 is 1.64 bits per heavy atom. The third-order valence-corrected chi connectivity index (χ3v) is 2.63. The smallest absolute Gasteiger partial charge is 0.0189 e. The number of rotatable bonds is 7. The summed E-state index contributed by atoms with van der Waals surface area (Å²) >= 11 is 0. The molecule has 86 valence electrons. The van der Waals surface area contributed by atoms with Gasteiger partial charge in [-0.3, -0.25) is 0 Å². The van der Waals surface area contributed by atoms with E-state index in [2.05, 4.69) is 51.9 Å². The highest BCUT2D eigenvalue weighted by molar-refractivity contribution is 4.68. The molecule has 1 atom stereocenters. The zero-order valence-electron chi connectivity index (χ0n) is 10.8. The Balaban J connectivity index is 3.59. The third-order valence-electron chi connectivity index (χ3n) is 2.63. The van der Waals surface area contributed by atoms with Crippen LogP contribution in [-0.2, 0) is 0 Å². The zero-order chi connectivity index (χ0) is 11.1. The molecule has 0 amide bonds. The van der Waals surface area contributed by atoms with Gasteiger partial charge in [0.15, 0.2) is 0 Å². The Kier molecular flexibility index (Phi) is 7.20. The molecule has 0 radical (unpaired) electrons. The lowest BCUT2D eigenvalue weighted by molar-refractivity contribution is 0.234. The van der Waals surface area contributed by atoms with Gasteiger partial charge in [-0.05, 0) is 32.9 Å². The lowest BCUT2D eigenvalue weighted by Gasteiger charge is -2.26. The maximum Gasteiger partial charge on any atom is 0.0189 e. The highest BCUT2D eigenvalue weighted by Crippen LogP contribution is 2.03. The molecular formula is C12H28N2. The fraction of sp³-hybridized carbons (Fsp3) is 1.00. The van der Waals surface area contributed by atoms with E-state index in [0.717, 1.165) is 12.5 Å². The maximum atomic E-state index is 3.47. The van der Waals surface area contributed by atoms with Gasteiger partial charge in [-0.1, -0.05) is 27.7 Å². The Bertz CT molecular complexity index is 116. The van der Waals surface area contributed by atoms with Gasteiger partial charge in [0.2, 0.25) is 0 Å². The molecule has 0 rings (SSSR count). The van der Waals surface area contributed by atoms with Crippen molar-refractivity contribution in [3.05, 3.63) is 0 Å². The fourth-order valence-corrected chi connectivity index (χ4v) is 1.24. The Morgan fingerprint density at radius 1 is 1.07 bits per heavy atom. The summed E-state index contributed by atoms with van der Waals surface area (Å²) in [5.41, 5.74) is 0. The monoisotopic (exact) mass is 200 g/mol. The number of hydrogen-bond acceptors (Lipinski definition) is 2. The SMILES string of the molecule is CC(C)CCN(C)C(C)CNC(C)C. The van der Waals surface area contributed by atoms with Crippen molar-refractivity contribution in [3.63, 3.8) is 0 Å². The summed E-state index contributed by atoms with van der Waals surface area (Å²) < 4.78 is 0. The molecule has 0 aliphatic carbocycles. The van der Waals surface area contributed by atoms with E-state index in [1.807, 2.05) is 0 Å². The summed E-state index contributed by atoms with van der Waals surface area (Å²) in [6.45, 7) is 13.5. The molecule has 0 saturated heterocycles. The van der Waals surface area contributed by atoms with Crippen molar-refractivity contribution in [1.82, 2.24) is 10.2 Å². The molecule has 1 unspecified atom stereocenters. The van der Waals surface area contributed by atoms with E-state index in [9.17, 15) is 0 Å². The standard InChI is InChI=1S/C12H28N2/c1-10(2)7-8-14(6)12(5)9-13-11(3)4/h10-13H,7-9H2,1-6H3. The minimum absolute atomic E-state index is 0.593. The fourth-order valence-electron chi connectivity index (χ4n) is 1.24. The van der Waals surface area contributed by atoms with Crippen LogP contribution in [0.1, 0.15) is 41.0 Å². The van der Waals surface area contributed by atoms with Crippen LogP contribution in [0.5, 0.6) is 0 Å². The number of hydrogen-bond donors (Lipinski definition) is 1. The number of likely N-dealkylation sites (N-methyl/N-ethyl adjacent to an activating group) is 1. The number of nitrogens with one attached hydrogen (secondary N) is 1. The molecule has 14 heavy (non-hydrogen) atoms. The van der Waals surface area contributed by atoms with Crippen molar-refractivity contribution in [2.75, 3.05) is 20.1 Å². The van der Waals surface area contributed by atoms with Crippen LogP contribution in [0.2, 0.25) is 0 Å². The van der Waals surface area contributed by atoms with Gasteiger partial charge in [0.05, 0.1) is 0 Å². The largest absolute Gasteiger partial charge is 0.313 e. The van der Waals surface area contributed by atoms with Crippen LogP contribution in [0.4, 0.5) is 0 Å². The van der Waals surface area contributed by atoms with Crippen molar-refractivity contribution in [1.29, 1.82) is 0 Å². The van der Waals surface area contributed by atoms with Gasteiger partial charge in [-0.25, -0.2) is 0 Å². The summed E-state index contributed by atoms with van der Waals surface area (Å²) in [5.74, 6) is 0.808. The highest BCUT2D eigenvalue weighted by atomic mass is 15.1. The van der Waals surface area contributed by atoms with Crippen LogP contribution < -0.4 is 5.32 Å². The van der Waals surface area contributed by atoms with Gasteiger partial charge in [-0.15, -0.1) is 0 Å². The van der Waals surface area contributed by atoms with Gasteiger partial charge in [0.1, 0.15) is 0 Å². The molecule has 0 fully saturated rings. The molecule has 0 spiro atoms. The van der Waals surface area contributed by atoms with Crippen LogP contribution in [0.3, 0.4) is 0 Å². The molecule has 0 saturated carbocycles. The quantitative estimate of drug-likeness (QED) is 0.678. The van der Waals surface area contributed by atoms with Gasteiger partial charge < -0.3 is 10.2 Å². The first kappa shape index (κ1) is 13.9. The van der Waals surface area contributed by atoms with E-state index in [4.69, 9.17) is 0 Å². The van der Waals surface area contributed by atoms with Crippen LogP contribution >= 0.6 is 0 Å². The van der Waals surface area contributed by atoms with Crippen molar-refractivity contribution in [3.8, 4) is 0 Å². The first-order valence-corrected chi connectivity index (χ1v) is 5.87. The van der Waals surface area contributed by atoms with Crippen LogP contribution in [-0.4, -0.2) is 37.1 Å². The van der Waals surface area contributed by atoms with Crippen molar-refractivity contribution < 1.29 is 0 Å². The highest BCUT2D eigenvalue weighted by Gasteiger charge is 2.09. The summed E-state index contributed by atoms with van der Waals surface area (Å²) in [4.78, 5) is 2.44. The van der Waals surface area contributed by atoms with E-state index >= 15 is 0 Å². The second kappa shape index (κ2) is 7.24. The minimum atomic E-state index is 0.593. The van der Waals surface area contributed by atoms with Crippen LogP contribution in [0.15, 0.2) is 0 Å². The lowest BCUT2D eigenvalue weighted by Crippen LogP contribution is -2.40. The molecule has 0 aromatic rings. The van der Waals surface area contributed by atoms with E-state index in [-0.39, 0.29) is 0 Å². The third kappa shape index (κ3) is 7.34. The van der Waals surface area contributed by atoms with Gasteiger partial charge in [-0.2, -0.15) is 0 Å². The Morgan fingerprint density at radius 3 is 2.07 bits per heavy atom. The molecule has 1 N–H and O–H groups in total. The summed E-state index contributed by atoms with van der Waals surface area (Å²) in [5, 5.41) is 3.47. The Hall–Kier alpha value is -0.0800. The van der Waals surface area contributed by atoms with Gasteiger partial charge >= 0.3 is 0 Å². The Labute approximate surface area is 90.1 Å². The molecule has 0 aromatic heterocycles. The first-order valence-electron chi connectivity index (χ1n) is 5.87. The van der Waals surface area contributed by atoms with Crippen LogP contribution in [0, 0.1) is 5.92 Å². The molecular weight excluding hydrogens is 172 g/mol. The normalized spacial score (nSPS) is 14.4. The van der Waals surface area contributed by atoms with E-state index in [0.29, 0.717) is 12.1 Å². The molecule has 2 heteroatoms. The maximum absolute atomic E-state index is 3.47.